The number of hydrogen-bond donors (Lipinski definition) is 2. The molecular weight excluding hydrogens is 182 g/mol. The quantitative estimate of drug-likeness (QED) is 0.635. The lowest BCUT2D eigenvalue weighted by Crippen LogP contribution is -2.31. The Morgan fingerprint density at radius 1 is 1.29 bits per heavy atom. The first-order valence-corrected chi connectivity index (χ1v) is 5.06. The molecule has 0 aromatic heterocycles. The van der Waals surface area contributed by atoms with E-state index in [0.29, 0.717) is 25.7 Å². The minimum atomic E-state index is -0.610. The molecule has 0 aliphatic heterocycles. The van der Waals surface area contributed by atoms with Gasteiger partial charge in [-0.15, -0.1) is 0 Å². The Labute approximate surface area is 84.7 Å². The topological polar surface area (TPSA) is 66.4 Å². The molecule has 4 nitrogen and oxygen atoms in total. The molecule has 0 saturated heterocycles. The summed E-state index contributed by atoms with van der Waals surface area (Å²) in [5.74, 6) is 0.0664. The van der Waals surface area contributed by atoms with Crippen molar-refractivity contribution < 1.29 is 14.7 Å². The zero-order valence-electron chi connectivity index (χ0n) is 8.88. The summed E-state index contributed by atoms with van der Waals surface area (Å²) in [5, 5.41) is 11.9. The minimum Gasteiger partial charge on any atom is -0.391 e. The molecule has 14 heavy (non-hydrogen) atoms. The SMILES string of the molecule is CCC(=O)CCC(O)CNC(=O)CC. The second-order valence-corrected chi connectivity index (χ2v) is 3.24. The predicted octanol–water partition coefficient (Wildman–Crippen LogP) is 0.633. The Bertz CT molecular complexity index is 172. The molecule has 0 heterocycles. The van der Waals surface area contributed by atoms with Crippen LogP contribution in [0, 0.1) is 0 Å². The number of hydrogen-bond acceptors (Lipinski definition) is 3. The zero-order valence-corrected chi connectivity index (χ0v) is 8.88. The van der Waals surface area contributed by atoms with Crippen molar-refractivity contribution in [2.45, 2.75) is 45.6 Å². The van der Waals surface area contributed by atoms with Crippen LogP contribution < -0.4 is 5.32 Å². The molecule has 1 unspecified atom stereocenters. The van der Waals surface area contributed by atoms with Gasteiger partial charge in [-0.25, -0.2) is 0 Å². The molecule has 0 aromatic carbocycles. The molecule has 0 fully saturated rings. The van der Waals surface area contributed by atoms with Crippen molar-refractivity contribution in [3.63, 3.8) is 0 Å². The van der Waals surface area contributed by atoms with Crippen molar-refractivity contribution >= 4 is 11.7 Å². The third-order valence-electron chi connectivity index (χ3n) is 2.01. The fraction of sp³-hybridized carbons (Fsp3) is 0.800. The second kappa shape index (κ2) is 7.50. The van der Waals surface area contributed by atoms with Gasteiger partial charge < -0.3 is 10.4 Å². The van der Waals surface area contributed by atoms with Crippen molar-refractivity contribution in [2.75, 3.05) is 6.54 Å². The van der Waals surface area contributed by atoms with Gasteiger partial charge in [0.15, 0.2) is 0 Å². The minimum absolute atomic E-state index is 0.0779. The largest absolute Gasteiger partial charge is 0.391 e. The molecule has 0 aliphatic carbocycles. The number of nitrogens with one attached hydrogen (secondary N) is 1. The summed E-state index contributed by atoms with van der Waals surface area (Å²) >= 11 is 0. The third-order valence-corrected chi connectivity index (χ3v) is 2.01. The fourth-order valence-corrected chi connectivity index (χ4v) is 0.963. The third kappa shape index (κ3) is 6.60. The van der Waals surface area contributed by atoms with Gasteiger partial charge in [-0.3, -0.25) is 9.59 Å². The number of Topliss-reactive ketones (excluding diaryl/α,β-unsaturated/α-hetero) is 1. The Morgan fingerprint density at radius 2 is 1.93 bits per heavy atom. The molecule has 1 atom stereocenters. The van der Waals surface area contributed by atoms with E-state index in [1.54, 1.807) is 13.8 Å². The first-order valence-electron chi connectivity index (χ1n) is 5.06. The first kappa shape index (κ1) is 13.1. The highest BCUT2D eigenvalue weighted by atomic mass is 16.3. The van der Waals surface area contributed by atoms with Crippen LogP contribution in [0.3, 0.4) is 0 Å². The van der Waals surface area contributed by atoms with Gasteiger partial charge in [0, 0.05) is 25.8 Å². The van der Waals surface area contributed by atoms with Crippen LogP contribution in [0.5, 0.6) is 0 Å². The zero-order chi connectivity index (χ0) is 11.0. The smallest absolute Gasteiger partial charge is 0.219 e. The number of carbonyl (C=O) groups is 2. The second-order valence-electron chi connectivity index (χ2n) is 3.24. The van der Waals surface area contributed by atoms with Crippen molar-refractivity contribution in [2.24, 2.45) is 0 Å². The molecule has 0 rings (SSSR count). The number of aliphatic hydroxyl groups is 1. The van der Waals surface area contributed by atoms with Gasteiger partial charge in [-0.05, 0) is 6.42 Å². The van der Waals surface area contributed by atoms with E-state index in [9.17, 15) is 14.7 Å². The van der Waals surface area contributed by atoms with Crippen LogP contribution in [-0.2, 0) is 9.59 Å². The number of rotatable bonds is 7. The van der Waals surface area contributed by atoms with Crippen LogP contribution in [0.2, 0.25) is 0 Å². The standard InChI is InChI=1S/C10H19NO3/c1-3-8(12)5-6-9(13)7-11-10(14)4-2/h9,13H,3-7H2,1-2H3,(H,11,14). The van der Waals surface area contributed by atoms with E-state index in [-0.39, 0.29) is 18.2 Å². The monoisotopic (exact) mass is 201 g/mol. The summed E-state index contributed by atoms with van der Waals surface area (Å²) in [6.45, 7) is 3.79. The number of amides is 1. The molecular formula is C10H19NO3. The van der Waals surface area contributed by atoms with Crippen LogP contribution in [0.15, 0.2) is 0 Å². The summed E-state index contributed by atoms with van der Waals surface area (Å²) in [5.41, 5.74) is 0. The van der Waals surface area contributed by atoms with Crippen LogP contribution >= 0.6 is 0 Å². The van der Waals surface area contributed by atoms with Gasteiger partial charge >= 0.3 is 0 Å². The highest BCUT2D eigenvalue weighted by Gasteiger charge is 2.07. The molecule has 1 amide bonds. The Hall–Kier alpha value is -0.900. The van der Waals surface area contributed by atoms with Crippen LogP contribution in [0.25, 0.3) is 0 Å². The first-order chi connectivity index (χ1) is 6.60. The van der Waals surface area contributed by atoms with Gasteiger partial charge in [0.25, 0.3) is 0 Å². The molecule has 0 spiro atoms. The van der Waals surface area contributed by atoms with E-state index in [4.69, 9.17) is 0 Å². The Kier molecular flexibility index (Phi) is 7.02. The maximum absolute atomic E-state index is 10.9. The van der Waals surface area contributed by atoms with Gasteiger partial charge in [0.2, 0.25) is 5.91 Å². The lowest BCUT2D eigenvalue weighted by atomic mass is 10.1. The Balaban J connectivity index is 3.50. The predicted molar refractivity (Wildman–Crippen MR) is 53.8 cm³/mol. The average Bonchev–Trinajstić information content (AvgIpc) is 2.22. The fourth-order valence-electron chi connectivity index (χ4n) is 0.963. The summed E-state index contributed by atoms with van der Waals surface area (Å²) in [4.78, 5) is 21.7. The van der Waals surface area contributed by atoms with E-state index in [0.717, 1.165) is 0 Å². The number of carbonyl (C=O) groups excluding carboxylic acids is 2. The molecule has 0 radical (unpaired) electrons. The Morgan fingerprint density at radius 3 is 2.43 bits per heavy atom. The molecule has 0 aromatic rings. The summed E-state index contributed by atoms with van der Waals surface area (Å²) < 4.78 is 0. The van der Waals surface area contributed by atoms with E-state index >= 15 is 0 Å². The van der Waals surface area contributed by atoms with E-state index in [1.165, 1.54) is 0 Å². The van der Waals surface area contributed by atoms with Crippen molar-refractivity contribution in [1.82, 2.24) is 5.32 Å². The molecule has 4 heteroatoms. The molecule has 2 N–H and O–H groups in total. The summed E-state index contributed by atoms with van der Waals surface area (Å²) in [6, 6.07) is 0. The molecule has 82 valence electrons. The van der Waals surface area contributed by atoms with Crippen molar-refractivity contribution in [3.8, 4) is 0 Å². The lowest BCUT2D eigenvalue weighted by molar-refractivity contribution is -0.121. The molecule has 0 bridgehead atoms. The number of ketones is 1. The van der Waals surface area contributed by atoms with E-state index < -0.39 is 6.10 Å². The highest BCUT2D eigenvalue weighted by molar-refractivity contribution is 5.78. The maximum atomic E-state index is 10.9. The normalized spacial score (nSPS) is 12.2. The van der Waals surface area contributed by atoms with Gasteiger partial charge in [-0.1, -0.05) is 13.8 Å². The average molecular weight is 201 g/mol. The van der Waals surface area contributed by atoms with Crippen molar-refractivity contribution in [3.05, 3.63) is 0 Å². The van der Waals surface area contributed by atoms with Crippen LogP contribution in [0.4, 0.5) is 0 Å². The maximum Gasteiger partial charge on any atom is 0.219 e. The van der Waals surface area contributed by atoms with Crippen LogP contribution in [0.1, 0.15) is 39.5 Å². The van der Waals surface area contributed by atoms with E-state index in [2.05, 4.69) is 5.32 Å². The van der Waals surface area contributed by atoms with Crippen LogP contribution in [-0.4, -0.2) is 29.4 Å². The van der Waals surface area contributed by atoms with Gasteiger partial charge in [-0.2, -0.15) is 0 Å². The highest BCUT2D eigenvalue weighted by Crippen LogP contribution is 1.99. The lowest BCUT2D eigenvalue weighted by Gasteiger charge is -2.10. The molecule has 0 aliphatic rings. The number of aliphatic hydroxyl groups excluding tert-OH is 1. The summed E-state index contributed by atoms with van der Waals surface area (Å²) in [6.07, 6.45) is 1.13. The molecule has 0 saturated carbocycles. The van der Waals surface area contributed by atoms with Gasteiger partial charge in [0.1, 0.15) is 5.78 Å². The van der Waals surface area contributed by atoms with Gasteiger partial charge in [0.05, 0.1) is 6.10 Å². The van der Waals surface area contributed by atoms with Crippen molar-refractivity contribution in [1.29, 1.82) is 0 Å². The van der Waals surface area contributed by atoms with E-state index in [1.807, 2.05) is 0 Å². The summed E-state index contributed by atoms with van der Waals surface area (Å²) in [7, 11) is 0.